The Kier molecular flexibility index (Phi) is 0.491. The minimum atomic E-state index is 0.332. The fourth-order valence-corrected chi connectivity index (χ4v) is 2.54. The molecular weight excluding hydrogens is 114 g/mol. The zero-order chi connectivity index (χ0) is 6.01. The minimum absolute atomic E-state index is 0.332. The molecular formula is C7H9NO. The van der Waals surface area contributed by atoms with Gasteiger partial charge in [0.1, 0.15) is 0 Å². The lowest BCUT2D eigenvalue weighted by molar-refractivity contribution is -0.123. The van der Waals surface area contributed by atoms with Crippen molar-refractivity contribution >= 4 is 5.91 Å². The summed E-state index contributed by atoms with van der Waals surface area (Å²) < 4.78 is 0. The third kappa shape index (κ3) is 0.345. The van der Waals surface area contributed by atoms with Gasteiger partial charge in [-0.1, -0.05) is 0 Å². The first-order valence-electron chi connectivity index (χ1n) is 3.66. The minimum Gasteiger partial charge on any atom is -0.353 e. The average molecular weight is 123 g/mol. The number of hydrogen-bond donors (Lipinski definition) is 1. The van der Waals surface area contributed by atoms with Gasteiger partial charge in [0.25, 0.3) is 0 Å². The summed E-state index contributed by atoms with van der Waals surface area (Å²) in [7, 11) is 0. The Morgan fingerprint density at radius 3 is 2.78 bits per heavy atom. The van der Waals surface area contributed by atoms with Crippen LogP contribution in [0.1, 0.15) is 12.8 Å². The van der Waals surface area contributed by atoms with E-state index in [0.29, 0.717) is 17.9 Å². The standard InChI is InChI=1S/C7H9NO/c9-7-5-2-6(8-7)4-1-3(4)5/h3-6H,1-2H2,(H,8,9)/t3-,4+,5+,6-/m0/s1. The molecule has 0 radical (unpaired) electrons. The Morgan fingerprint density at radius 2 is 2.22 bits per heavy atom. The summed E-state index contributed by atoms with van der Waals surface area (Å²) in [6.45, 7) is 0. The summed E-state index contributed by atoms with van der Waals surface area (Å²) in [5.74, 6) is 2.47. The molecule has 48 valence electrons. The molecule has 1 amide bonds. The van der Waals surface area contributed by atoms with Gasteiger partial charge in [-0.25, -0.2) is 0 Å². The molecule has 1 aliphatic heterocycles. The van der Waals surface area contributed by atoms with Crippen molar-refractivity contribution in [1.29, 1.82) is 0 Å². The van der Waals surface area contributed by atoms with Crippen LogP contribution in [0.25, 0.3) is 0 Å². The maximum atomic E-state index is 11.0. The number of carbonyl (C=O) groups is 1. The number of amides is 1. The fraction of sp³-hybridized carbons (Fsp3) is 0.857. The van der Waals surface area contributed by atoms with Gasteiger partial charge in [-0.05, 0) is 24.7 Å². The lowest BCUT2D eigenvalue weighted by Gasteiger charge is -2.08. The van der Waals surface area contributed by atoms with Gasteiger partial charge in [0, 0.05) is 12.0 Å². The fourth-order valence-electron chi connectivity index (χ4n) is 2.54. The second-order valence-electron chi connectivity index (χ2n) is 3.52. The van der Waals surface area contributed by atoms with E-state index in [1.54, 1.807) is 0 Å². The monoisotopic (exact) mass is 123 g/mol. The number of fused-ring (bicyclic) bond motifs is 5. The molecule has 1 saturated heterocycles. The predicted molar refractivity (Wildman–Crippen MR) is 31.6 cm³/mol. The summed E-state index contributed by atoms with van der Waals surface area (Å²) in [5, 5.41) is 3.01. The number of piperidine rings is 1. The van der Waals surface area contributed by atoms with Crippen LogP contribution in [0.5, 0.6) is 0 Å². The zero-order valence-electron chi connectivity index (χ0n) is 5.13. The van der Waals surface area contributed by atoms with Crippen molar-refractivity contribution in [3.8, 4) is 0 Å². The number of rotatable bonds is 0. The molecule has 1 N–H and O–H groups in total. The second kappa shape index (κ2) is 1.02. The van der Waals surface area contributed by atoms with Crippen LogP contribution in [-0.4, -0.2) is 11.9 Å². The molecule has 4 atom stereocenters. The van der Waals surface area contributed by atoms with E-state index in [1.165, 1.54) is 6.42 Å². The predicted octanol–water partition coefficient (Wildman–Crippen LogP) is 0.141. The Hall–Kier alpha value is -0.530. The third-order valence-electron chi connectivity index (χ3n) is 3.10. The summed E-state index contributed by atoms with van der Waals surface area (Å²) >= 11 is 0. The maximum absolute atomic E-state index is 11.0. The van der Waals surface area contributed by atoms with E-state index in [-0.39, 0.29) is 0 Å². The van der Waals surface area contributed by atoms with Crippen LogP contribution in [0, 0.1) is 17.8 Å². The van der Waals surface area contributed by atoms with Crippen LogP contribution in [0.2, 0.25) is 0 Å². The van der Waals surface area contributed by atoms with Gasteiger partial charge in [-0.15, -0.1) is 0 Å². The first-order chi connectivity index (χ1) is 4.36. The van der Waals surface area contributed by atoms with E-state index in [4.69, 9.17) is 0 Å². The quantitative estimate of drug-likeness (QED) is 0.487. The highest BCUT2D eigenvalue weighted by molar-refractivity contribution is 5.83. The molecule has 0 spiro atoms. The van der Waals surface area contributed by atoms with Crippen LogP contribution in [0.4, 0.5) is 0 Å². The highest BCUT2D eigenvalue weighted by atomic mass is 16.2. The Balaban J connectivity index is 2.04. The molecule has 0 unspecified atom stereocenters. The highest BCUT2D eigenvalue weighted by Gasteiger charge is 2.61. The molecule has 2 heteroatoms. The van der Waals surface area contributed by atoms with Gasteiger partial charge < -0.3 is 5.32 Å². The summed E-state index contributed by atoms with van der Waals surface area (Å²) in [4.78, 5) is 11.0. The van der Waals surface area contributed by atoms with Gasteiger partial charge in [0.15, 0.2) is 0 Å². The molecule has 2 nitrogen and oxygen atoms in total. The van der Waals surface area contributed by atoms with Gasteiger partial charge >= 0.3 is 0 Å². The molecule has 2 bridgehead atoms. The van der Waals surface area contributed by atoms with E-state index in [1.807, 2.05) is 0 Å². The first-order valence-corrected chi connectivity index (χ1v) is 3.66. The van der Waals surface area contributed by atoms with Crippen molar-refractivity contribution < 1.29 is 4.79 Å². The van der Waals surface area contributed by atoms with Crippen molar-refractivity contribution in [3.05, 3.63) is 0 Å². The van der Waals surface area contributed by atoms with Crippen LogP contribution in [-0.2, 0) is 4.79 Å². The number of hydrogen-bond acceptors (Lipinski definition) is 1. The molecule has 9 heavy (non-hydrogen) atoms. The lowest BCUT2D eigenvalue weighted by Crippen LogP contribution is -2.32. The van der Waals surface area contributed by atoms with Crippen molar-refractivity contribution in [2.75, 3.05) is 0 Å². The van der Waals surface area contributed by atoms with Crippen LogP contribution in [0.3, 0.4) is 0 Å². The topological polar surface area (TPSA) is 29.1 Å². The Labute approximate surface area is 53.6 Å². The summed E-state index contributed by atoms with van der Waals surface area (Å²) in [6, 6.07) is 0.590. The largest absolute Gasteiger partial charge is 0.353 e. The number of carbonyl (C=O) groups excluding carboxylic acids is 1. The first kappa shape index (κ1) is 4.31. The van der Waals surface area contributed by atoms with Crippen molar-refractivity contribution in [2.24, 2.45) is 17.8 Å². The normalized spacial score (nSPS) is 59.3. The van der Waals surface area contributed by atoms with Crippen molar-refractivity contribution in [1.82, 2.24) is 5.32 Å². The molecule has 0 aromatic rings. The second-order valence-corrected chi connectivity index (χ2v) is 3.52. The Bertz CT molecular complexity index is 189. The molecule has 3 rings (SSSR count). The van der Waals surface area contributed by atoms with E-state index in [9.17, 15) is 4.79 Å². The summed E-state index contributed by atoms with van der Waals surface area (Å²) in [6.07, 6.45) is 2.47. The van der Waals surface area contributed by atoms with Crippen LogP contribution < -0.4 is 5.32 Å². The van der Waals surface area contributed by atoms with Crippen molar-refractivity contribution in [2.45, 2.75) is 18.9 Å². The van der Waals surface area contributed by atoms with E-state index >= 15 is 0 Å². The molecule has 0 aromatic carbocycles. The number of nitrogens with one attached hydrogen (secondary N) is 1. The SMILES string of the molecule is O=C1N[C@H]2C[C@@H]1[C@H]1C[C@H]12. The Morgan fingerprint density at radius 1 is 1.33 bits per heavy atom. The molecule has 3 fully saturated rings. The summed E-state index contributed by atoms with van der Waals surface area (Å²) in [5.41, 5.74) is 0. The molecule has 3 aliphatic rings. The van der Waals surface area contributed by atoms with Gasteiger partial charge in [-0.2, -0.15) is 0 Å². The molecule has 2 saturated carbocycles. The highest BCUT2D eigenvalue weighted by Crippen LogP contribution is 2.58. The van der Waals surface area contributed by atoms with E-state index in [2.05, 4.69) is 5.32 Å². The lowest BCUT2D eigenvalue weighted by atomic mass is 10.1. The maximum Gasteiger partial charge on any atom is 0.223 e. The zero-order valence-corrected chi connectivity index (χ0v) is 5.13. The van der Waals surface area contributed by atoms with Gasteiger partial charge in [-0.3, -0.25) is 4.79 Å². The molecule has 1 heterocycles. The van der Waals surface area contributed by atoms with Crippen molar-refractivity contribution in [3.63, 3.8) is 0 Å². The smallest absolute Gasteiger partial charge is 0.223 e. The van der Waals surface area contributed by atoms with Crippen LogP contribution in [0.15, 0.2) is 0 Å². The van der Waals surface area contributed by atoms with E-state index in [0.717, 1.165) is 18.3 Å². The van der Waals surface area contributed by atoms with Gasteiger partial charge in [0.2, 0.25) is 5.91 Å². The molecule has 2 aliphatic carbocycles. The van der Waals surface area contributed by atoms with Crippen LogP contribution >= 0.6 is 0 Å². The van der Waals surface area contributed by atoms with Gasteiger partial charge in [0.05, 0.1) is 0 Å². The molecule has 0 aromatic heterocycles. The van der Waals surface area contributed by atoms with E-state index < -0.39 is 0 Å². The third-order valence-corrected chi connectivity index (χ3v) is 3.10. The average Bonchev–Trinajstić information content (AvgIpc) is 2.46.